The van der Waals surface area contributed by atoms with Gasteiger partial charge in [-0.15, -0.1) is 0 Å². The lowest BCUT2D eigenvalue weighted by molar-refractivity contribution is 0.743. The van der Waals surface area contributed by atoms with E-state index in [2.05, 4.69) is 28.7 Å². The Kier molecular flexibility index (Phi) is 3.10. The molecule has 4 heteroatoms. The summed E-state index contributed by atoms with van der Waals surface area (Å²) in [6.07, 6.45) is 1.06. The molecule has 88 valence electrons. The van der Waals surface area contributed by atoms with E-state index in [0.717, 1.165) is 36.8 Å². The van der Waals surface area contributed by atoms with Crippen LogP contribution in [0.1, 0.15) is 37.7 Å². The number of hydrogen-bond acceptors (Lipinski definition) is 4. The molecule has 0 aliphatic carbocycles. The third-order valence-electron chi connectivity index (χ3n) is 2.92. The van der Waals surface area contributed by atoms with E-state index in [4.69, 9.17) is 5.73 Å². The molecule has 1 aliphatic rings. The van der Waals surface area contributed by atoms with Crippen molar-refractivity contribution in [2.24, 2.45) is 5.73 Å². The van der Waals surface area contributed by atoms with Crippen LogP contribution in [0, 0.1) is 6.92 Å². The molecule has 0 aromatic carbocycles. The second-order valence-electron chi connectivity index (χ2n) is 4.88. The summed E-state index contributed by atoms with van der Waals surface area (Å²) >= 11 is 0. The van der Waals surface area contributed by atoms with Crippen molar-refractivity contribution in [3.63, 3.8) is 0 Å². The van der Waals surface area contributed by atoms with Gasteiger partial charge in [-0.1, -0.05) is 13.8 Å². The van der Waals surface area contributed by atoms with Crippen LogP contribution in [0.2, 0.25) is 0 Å². The summed E-state index contributed by atoms with van der Waals surface area (Å²) in [5.41, 5.74) is 6.95. The van der Waals surface area contributed by atoms with Gasteiger partial charge in [0.15, 0.2) is 0 Å². The van der Waals surface area contributed by atoms with Gasteiger partial charge in [-0.05, 0) is 13.3 Å². The van der Waals surface area contributed by atoms with Crippen molar-refractivity contribution in [3.8, 4) is 0 Å². The zero-order valence-electron chi connectivity index (χ0n) is 10.3. The predicted octanol–water partition coefficient (Wildman–Crippen LogP) is 1.45. The Labute approximate surface area is 96.9 Å². The Hall–Kier alpha value is -1.16. The second-order valence-corrected chi connectivity index (χ2v) is 4.88. The molecule has 1 aliphatic heterocycles. The summed E-state index contributed by atoms with van der Waals surface area (Å²) < 4.78 is 0. The molecule has 0 spiro atoms. The number of hydrogen-bond donors (Lipinski definition) is 1. The van der Waals surface area contributed by atoms with Crippen molar-refractivity contribution in [3.05, 3.63) is 17.6 Å². The van der Waals surface area contributed by atoms with Gasteiger partial charge < -0.3 is 10.6 Å². The summed E-state index contributed by atoms with van der Waals surface area (Å²) in [6.45, 7) is 8.18. The average molecular weight is 220 g/mol. The van der Waals surface area contributed by atoms with Gasteiger partial charge in [-0.25, -0.2) is 9.97 Å². The Bertz CT molecular complexity index is 375. The standard InChI is InChI=1S/C12H20N4/c1-8(2)12-14-9(3)6-11(15-12)16-5-4-10(13)7-16/h6,8,10H,4-5,7,13H2,1-3H3. The summed E-state index contributed by atoms with van der Waals surface area (Å²) in [5.74, 6) is 2.33. The fourth-order valence-electron chi connectivity index (χ4n) is 1.99. The lowest BCUT2D eigenvalue weighted by Crippen LogP contribution is -2.27. The highest BCUT2D eigenvalue weighted by Gasteiger charge is 2.21. The van der Waals surface area contributed by atoms with Gasteiger partial charge in [-0.3, -0.25) is 0 Å². The summed E-state index contributed by atoms with van der Waals surface area (Å²) in [5, 5.41) is 0. The molecule has 0 amide bonds. The third kappa shape index (κ3) is 2.32. The molecule has 16 heavy (non-hydrogen) atoms. The number of nitrogens with zero attached hydrogens (tertiary/aromatic N) is 3. The quantitative estimate of drug-likeness (QED) is 0.819. The van der Waals surface area contributed by atoms with E-state index in [-0.39, 0.29) is 6.04 Å². The smallest absolute Gasteiger partial charge is 0.133 e. The monoisotopic (exact) mass is 220 g/mol. The fraction of sp³-hybridized carbons (Fsp3) is 0.667. The van der Waals surface area contributed by atoms with Crippen LogP contribution in [-0.2, 0) is 0 Å². The second kappa shape index (κ2) is 4.37. The maximum Gasteiger partial charge on any atom is 0.133 e. The minimum atomic E-state index is 0.290. The Morgan fingerprint density at radius 1 is 1.44 bits per heavy atom. The van der Waals surface area contributed by atoms with Gasteiger partial charge in [-0.2, -0.15) is 0 Å². The van der Waals surface area contributed by atoms with E-state index in [1.165, 1.54) is 0 Å². The van der Waals surface area contributed by atoms with E-state index < -0.39 is 0 Å². The van der Waals surface area contributed by atoms with Crippen molar-refractivity contribution in [1.29, 1.82) is 0 Å². The molecule has 1 unspecified atom stereocenters. The Morgan fingerprint density at radius 2 is 2.19 bits per heavy atom. The molecule has 4 nitrogen and oxygen atoms in total. The summed E-state index contributed by atoms with van der Waals surface area (Å²) in [6, 6.07) is 2.34. The molecule has 1 fully saturated rings. The largest absolute Gasteiger partial charge is 0.355 e. The first kappa shape index (κ1) is 11.3. The molecule has 1 aromatic rings. The van der Waals surface area contributed by atoms with Gasteiger partial charge >= 0.3 is 0 Å². The topological polar surface area (TPSA) is 55.0 Å². The zero-order chi connectivity index (χ0) is 11.7. The van der Waals surface area contributed by atoms with E-state index in [0.29, 0.717) is 5.92 Å². The van der Waals surface area contributed by atoms with Crippen LogP contribution in [-0.4, -0.2) is 29.1 Å². The van der Waals surface area contributed by atoms with Gasteiger partial charge in [0, 0.05) is 36.8 Å². The molecule has 2 heterocycles. The number of anilines is 1. The van der Waals surface area contributed by atoms with Gasteiger partial charge in [0.05, 0.1) is 0 Å². The van der Waals surface area contributed by atoms with Crippen LogP contribution in [0.5, 0.6) is 0 Å². The molecule has 0 radical (unpaired) electrons. The van der Waals surface area contributed by atoms with Crippen LogP contribution in [0.4, 0.5) is 5.82 Å². The third-order valence-corrected chi connectivity index (χ3v) is 2.92. The molecule has 1 aromatic heterocycles. The zero-order valence-corrected chi connectivity index (χ0v) is 10.3. The van der Waals surface area contributed by atoms with Crippen LogP contribution < -0.4 is 10.6 Å². The average Bonchev–Trinajstić information content (AvgIpc) is 2.64. The molecular weight excluding hydrogens is 200 g/mol. The number of aryl methyl sites for hydroxylation is 1. The highest BCUT2D eigenvalue weighted by atomic mass is 15.2. The van der Waals surface area contributed by atoms with Crippen molar-refractivity contribution in [2.45, 2.75) is 39.2 Å². The van der Waals surface area contributed by atoms with Gasteiger partial charge in [0.2, 0.25) is 0 Å². The first-order valence-corrected chi connectivity index (χ1v) is 5.92. The fourth-order valence-corrected chi connectivity index (χ4v) is 1.99. The highest BCUT2D eigenvalue weighted by molar-refractivity contribution is 5.41. The van der Waals surface area contributed by atoms with Crippen molar-refractivity contribution < 1.29 is 0 Å². The van der Waals surface area contributed by atoms with Crippen molar-refractivity contribution in [2.75, 3.05) is 18.0 Å². The van der Waals surface area contributed by atoms with Gasteiger partial charge in [0.1, 0.15) is 11.6 Å². The molecular formula is C12H20N4. The number of aromatic nitrogens is 2. The molecule has 2 N–H and O–H groups in total. The summed E-state index contributed by atoms with van der Waals surface area (Å²) in [4.78, 5) is 11.3. The van der Waals surface area contributed by atoms with Crippen molar-refractivity contribution >= 4 is 5.82 Å². The SMILES string of the molecule is Cc1cc(N2CCC(N)C2)nc(C(C)C)n1. The number of nitrogens with two attached hydrogens (primary N) is 1. The summed E-state index contributed by atoms with van der Waals surface area (Å²) in [7, 11) is 0. The minimum absolute atomic E-state index is 0.290. The Morgan fingerprint density at radius 3 is 2.75 bits per heavy atom. The van der Waals surface area contributed by atoms with E-state index >= 15 is 0 Å². The first-order valence-electron chi connectivity index (χ1n) is 5.92. The van der Waals surface area contributed by atoms with E-state index in [9.17, 15) is 0 Å². The van der Waals surface area contributed by atoms with E-state index in [1.807, 2.05) is 13.0 Å². The number of rotatable bonds is 2. The maximum absolute atomic E-state index is 5.91. The molecule has 0 bridgehead atoms. The molecule has 0 saturated carbocycles. The van der Waals surface area contributed by atoms with Gasteiger partial charge in [0.25, 0.3) is 0 Å². The normalized spacial score (nSPS) is 20.8. The first-order chi connectivity index (χ1) is 7.56. The van der Waals surface area contributed by atoms with E-state index in [1.54, 1.807) is 0 Å². The Balaban J connectivity index is 2.27. The lowest BCUT2D eigenvalue weighted by atomic mass is 10.2. The van der Waals surface area contributed by atoms with Crippen LogP contribution >= 0.6 is 0 Å². The molecule has 2 rings (SSSR count). The van der Waals surface area contributed by atoms with Crippen LogP contribution in [0.15, 0.2) is 6.07 Å². The molecule has 1 saturated heterocycles. The molecule has 1 atom stereocenters. The highest BCUT2D eigenvalue weighted by Crippen LogP contribution is 2.20. The lowest BCUT2D eigenvalue weighted by Gasteiger charge is -2.18. The van der Waals surface area contributed by atoms with Crippen LogP contribution in [0.25, 0.3) is 0 Å². The minimum Gasteiger partial charge on any atom is -0.355 e. The van der Waals surface area contributed by atoms with Crippen LogP contribution in [0.3, 0.4) is 0 Å². The van der Waals surface area contributed by atoms with Crippen molar-refractivity contribution in [1.82, 2.24) is 9.97 Å². The maximum atomic E-state index is 5.91. The predicted molar refractivity (Wildman–Crippen MR) is 65.7 cm³/mol.